The predicted molar refractivity (Wildman–Crippen MR) is 104 cm³/mol. The Labute approximate surface area is 158 Å². The Bertz CT molecular complexity index is 760. The van der Waals surface area contributed by atoms with E-state index in [9.17, 15) is 9.59 Å². The summed E-state index contributed by atoms with van der Waals surface area (Å²) in [7, 11) is 1.57. The highest BCUT2D eigenvalue weighted by Crippen LogP contribution is 2.19. The molecule has 2 aromatic carbocycles. The van der Waals surface area contributed by atoms with E-state index < -0.39 is 0 Å². The first kappa shape index (κ1) is 20.3. The fourth-order valence-electron chi connectivity index (χ4n) is 2.33. The zero-order chi connectivity index (χ0) is 19.6. The molecule has 0 heterocycles. The van der Waals surface area contributed by atoms with E-state index in [0.29, 0.717) is 35.9 Å². The van der Waals surface area contributed by atoms with Crippen LogP contribution < -0.4 is 25.8 Å². The van der Waals surface area contributed by atoms with Crippen LogP contribution in [-0.2, 0) is 4.79 Å². The van der Waals surface area contributed by atoms with E-state index in [2.05, 4.69) is 10.6 Å². The second kappa shape index (κ2) is 10.2. The molecule has 0 spiro atoms. The average molecular weight is 371 g/mol. The molecule has 0 fully saturated rings. The van der Waals surface area contributed by atoms with Crippen LogP contribution >= 0.6 is 0 Å². The van der Waals surface area contributed by atoms with Gasteiger partial charge in [-0.1, -0.05) is 6.07 Å². The third-order valence-corrected chi connectivity index (χ3v) is 3.64. The maximum atomic E-state index is 12.3. The molecule has 2 rings (SSSR count). The number of methoxy groups -OCH3 is 1. The first-order valence-electron chi connectivity index (χ1n) is 8.68. The minimum Gasteiger partial charge on any atom is -0.497 e. The van der Waals surface area contributed by atoms with Crippen molar-refractivity contribution in [2.24, 2.45) is 5.73 Å². The standard InChI is InChI=1S/C20H25N3O4/c1-14(21)12-19(24)22-10-11-27-18-5-3-4-16(13-18)23-20(25)15-6-8-17(26-2)9-7-15/h3-9,13-14H,10-12,21H2,1-2H3,(H,22,24)(H,23,25). The molecule has 0 aliphatic rings. The Hall–Kier alpha value is -3.06. The summed E-state index contributed by atoms with van der Waals surface area (Å²) in [5.41, 5.74) is 6.72. The number of nitrogens with two attached hydrogens (primary N) is 1. The number of amides is 2. The van der Waals surface area contributed by atoms with Gasteiger partial charge in [0.2, 0.25) is 5.91 Å². The Morgan fingerprint density at radius 1 is 1.11 bits per heavy atom. The molecular formula is C20H25N3O4. The lowest BCUT2D eigenvalue weighted by Crippen LogP contribution is -2.32. The monoisotopic (exact) mass is 371 g/mol. The Morgan fingerprint density at radius 2 is 1.85 bits per heavy atom. The molecule has 2 aromatic rings. The summed E-state index contributed by atoms with van der Waals surface area (Å²) in [5, 5.41) is 5.56. The van der Waals surface area contributed by atoms with Gasteiger partial charge in [0.1, 0.15) is 18.1 Å². The number of carbonyl (C=O) groups is 2. The number of nitrogens with one attached hydrogen (secondary N) is 2. The van der Waals surface area contributed by atoms with Crippen molar-refractivity contribution in [1.29, 1.82) is 0 Å². The quantitative estimate of drug-likeness (QED) is 0.586. The number of benzene rings is 2. The SMILES string of the molecule is COc1ccc(C(=O)Nc2cccc(OCCNC(=O)CC(C)N)c2)cc1. The van der Waals surface area contributed by atoms with Gasteiger partial charge in [-0.25, -0.2) is 0 Å². The minimum absolute atomic E-state index is 0.103. The number of rotatable bonds is 9. The first-order valence-corrected chi connectivity index (χ1v) is 8.68. The summed E-state index contributed by atoms with van der Waals surface area (Å²) < 4.78 is 10.7. The topological polar surface area (TPSA) is 103 Å². The second-order valence-electron chi connectivity index (χ2n) is 6.09. The van der Waals surface area contributed by atoms with Crippen molar-refractivity contribution in [1.82, 2.24) is 5.32 Å². The molecule has 7 nitrogen and oxygen atoms in total. The number of hydrogen-bond donors (Lipinski definition) is 3. The third-order valence-electron chi connectivity index (χ3n) is 3.64. The van der Waals surface area contributed by atoms with Gasteiger partial charge in [0.25, 0.3) is 5.91 Å². The summed E-state index contributed by atoms with van der Waals surface area (Å²) in [4.78, 5) is 23.8. The molecule has 144 valence electrons. The maximum Gasteiger partial charge on any atom is 0.255 e. The summed E-state index contributed by atoms with van der Waals surface area (Å²) in [6.07, 6.45) is 0.285. The fourth-order valence-corrected chi connectivity index (χ4v) is 2.33. The van der Waals surface area contributed by atoms with Crippen LogP contribution in [0.2, 0.25) is 0 Å². The van der Waals surface area contributed by atoms with Gasteiger partial charge < -0.3 is 25.8 Å². The van der Waals surface area contributed by atoms with Gasteiger partial charge in [-0.15, -0.1) is 0 Å². The van der Waals surface area contributed by atoms with E-state index in [1.54, 1.807) is 62.6 Å². The number of anilines is 1. The highest BCUT2D eigenvalue weighted by atomic mass is 16.5. The van der Waals surface area contributed by atoms with E-state index in [-0.39, 0.29) is 24.3 Å². The molecule has 7 heteroatoms. The third kappa shape index (κ3) is 6.99. The van der Waals surface area contributed by atoms with Crippen LogP contribution in [0.4, 0.5) is 5.69 Å². The highest BCUT2D eigenvalue weighted by Gasteiger charge is 2.07. The lowest BCUT2D eigenvalue weighted by atomic mass is 10.2. The van der Waals surface area contributed by atoms with Crippen molar-refractivity contribution >= 4 is 17.5 Å². The molecule has 0 saturated carbocycles. The molecule has 2 amide bonds. The van der Waals surface area contributed by atoms with Gasteiger partial charge in [-0.2, -0.15) is 0 Å². The molecule has 0 aliphatic carbocycles. The smallest absolute Gasteiger partial charge is 0.255 e. The molecule has 4 N–H and O–H groups in total. The van der Waals surface area contributed by atoms with Crippen LogP contribution in [0.1, 0.15) is 23.7 Å². The van der Waals surface area contributed by atoms with E-state index in [1.165, 1.54) is 0 Å². The van der Waals surface area contributed by atoms with Crippen LogP contribution in [0.5, 0.6) is 11.5 Å². The number of ether oxygens (including phenoxy) is 2. The van der Waals surface area contributed by atoms with E-state index in [4.69, 9.17) is 15.2 Å². The van der Waals surface area contributed by atoms with Crippen molar-refractivity contribution in [3.05, 3.63) is 54.1 Å². The zero-order valence-electron chi connectivity index (χ0n) is 15.5. The molecule has 0 aliphatic heterocycles. The van der Waals surface area contributed by atoms with Gasteiger partial charge in [0, 0.05) is 29.8 Å². The Kier molecular flexibility index (Phi) is 7.63. The van der Waals surface area contributed by atoms with Crippen molar-refractivity contribution in [3.63, 3.8) is 0 Å². The summed E-state index contributed by atoms with van der Waals surface area (Å²) in [6.45, 7) is 2.48. The Morgan fingerprint density at radius 3 is 2.52 bits per heavy atom. The summed E-state index contributed by atoms with van der Waals surface area (Å²) >= 11 is 0. The lowest BCUT2D eigenvalue weighted by molar-refractivity contribution is -0.121. The van der Waals surface area contributed by atoms with Crippen LogP contribution in [0.3, 0.4) is 0 Å². The Balaban J connectivity index is 1.83. The van der Waals surface area contributed by atoms with Crippen molar-refractivity contribution in [2.75, 3.05) is 25.6 Å². The molecular weight excluding hydrogens is 346 g/mol. The molecule has 1 unspecified atom stereocenters. The van der Waals surface area contributed by atoms with Gasteiger partial charge in [-0.3, -0.25) is 9.59 Å². The summed E-state index contributed by atoms with van der Waals surface area (Å²) in [5.74, 6) is 0.964. The van der Waals surface area contributed by atoms with Crippen molar-refractivity contribution in [3.8, 4) is 11.5 Å². The van der Waals surface area contributed by atoms with Gasteiger partial charge in [0.15, 0.2) is 0 Å². The molecule has 0 aromatic heterocycles. The average Bonchev–Trinajstić information content (AvgIpc) is 2.65. The van der Waals surface area contributed by atoms with E-state index >= 15 is 0 Å². The first-order chi connectivity index (χ1) is 13.0. The van der Waals surface area contributed by atoms with Crippen LogP contribution in [0.15, 0.2) is 48.5 Å². The largest absolute Gasteiger partial charge is 0.497 e. The molecule has 0 bridgehead atoms. The molecule has 27 heavy (non-hydrogen) atoms. The fraction of sp³-hybridized carbons (Fsp3) is 0.300. The van der Waals surface area contributed by atoms with Gasteiger partial charge in [-0.05, 0) is 43.3 Å². The highest BCUT2D eigenvalue weighted by molar-refractivity contribution is 6.04. The lowest BCUT2D eigenvalue weighted by Gasteiger charge is -2.11. The van der Waals surface area contributed by atoms with Crippen molar-refractivity contribution in [2.45, 2.75) is 19.4 Å². The normalized spacial score (nSPS) is 11.4. The van der Waals surface area contributed by atoms with Crippen LogP contribution in [-0.4, -0.2) is 38.1 Å². The number of hydrogen-bond acceptors (Lipinski definition) is 5. The molecule has 0 radical (unpaired) electrons. The van der Waals surface area contributed by atoms with Crippen LogP contribution in [0, 0.1) is 0 Å². The maximum absolute atomic E-state index is 12.3. The van der Waals surface area contributed by atoms with E-state index in [0.717, 1.165) is 0 Å². The van der Waals surface area contributed by atoms with Crippen molar-refractivity contribution < 1.29 is 19.1 Å². The number of carbonyl (C=O) groups excluding carboxylic acids is 2. The second-order valence-corrected chi connectivity index (χ2v) is 6.09. The molecule has 0 saturated heterocycles. The minimum atomic E-state index is -0.224. The van der Waals surface area contributed by atoms with Crippen LogP contribution in [0.25, 0.3) is 0 Å². The predicted octanol–water partition coefficient (Wildman–Crippen LogP) is 2.18. The zero-order valence-corrected chi connectivity index (χ0v) is 15.5. The van der Waals surface area contributed by atoms with Gasteiger partial charge >= 0.3 is 0 Å². The van der Waals surface area contributed by atoms with E-state index in [1.807, 2.05) is 0 Å². The summed E-state index contributed by atoms with van der Waals surface area (Å²) in [6, 6.07) is 13.8. The molecule has 1 atom stereocenters. The van der Waals surface area contributed by atoms with Gasteiger partial charge in [0.05, 0.1) is 13.7 Å².